The fourth-order valence-electron chi connectivity index (χ4n) is 1.46. The maximum atomic E-state index is 9.94. The van der Waals surface area contributed by atoms with E-state index in [-0.39, 0.29) is 5.54 Å². The van der Waals surface area contributed by atoms with Crippen LogP contribution in [0, 0.1) is 0 Å². The number of halogens is 1. The predicted octanol–water partition coefficient (Wildman–Crippen LogP) is 3.15. The van der Waals surface area contributed by atoms with E-state index in [9.17, 15) is 5.11 Å². The first-order valence-electron chi connectivity index (χ1n) is 5.57. The molecule has 2 N–H and O–H groups in total. The molecule has 1 unspecified atom stereocenters. The molecule has 0 aliphatic carbocycles. The smallest absolute Gasteiger partial charge is 0.0802 e. The van der Waals surface area contributed by atoms with Gasteiger partial charge in [0.15, 0.2) is 0 Å². The zero-order valence-electron chi connectivity index (χ0n) is 10.1. The molecule has 0 aliphatic rings. The van der Waals surface area contributed by atoms with Crippen LogP contribution in [0.3, 0.4) is 0 Å². The van der Waals surface area contributed by atoms with Crippen LogP contribution in [0.25, 0.3) is 0 Å². The number of aliphatic hydroxyl groups excluding tert-OH is 1. The van der Waals surface area contributed by atoms with Crippen LogP contribution in [-0.2, 0) is 0 Å². The Hall–Kier alpha value is -0.570. The molecule has 0 saturated heterocycles. The molecule has 0 bridgehead atoms. The van der Waals surface area contributed by atoms with E-state index in [4.69, 9.17) is 11.6 Å². The average molecular weight is 242 g/mol. The Bertz CT molecular complexity index is 333. The SMILES string of the molecule is CC(C)(C)NCCC(O)c1cccc(Cl)c1. The van der Waals surface area contributed by atoms with Crippen LogP contribution in [0.5, 0.6) is 0 Å². The van der Waals surface area contributed by atoms with Gasteiger partial charge in [-0.15, -0.1) is 0 Å². The Labute approximate surface area is 103 Å². The summed E-state index contributed by atoms with van der Waals surface area (Å²) in [6.07, 6.45) is 0.242. The minimum absolute atomic E-state index is 0.0913. The topological polar surface area (TPSA) is 32.3 Å². The molecule has 1 aromatic carbocycles. The third-order valence-corrected chi connectivity index (χ3v) is 2.54. The summed E-state index contributed by atoms with van der Waals surface area (Å²) in [4.78, 5) is 0. The largest absolute Gasteiger partial charge is 0.388 e. The first-order chi connectivity index (χ1) is 7.38. The summed E-state index contributed by atoms with van der Waals surface area (Å²) in [6, 6.07) is 7.38. The Kier molecular flexibility index (Phi) is 4.78. The monoisotopic (exact) mass is 241 g/mol. The molecule has 0 fully saturated rings. The highest BCUT2D eigenvalue weighted by Gasteiger charge is 2.11. The van der Waals surface area contributed by atoms with Crippen molar-refractivity contribution in [3.8, 4) is 0 Å². The lowest BCUT2D eigenvalue weighted by Crippen LogP contribution is -2.36. The average Bonchev–Trinajstić information content (AvgIpc) is 2.15. The van der Waals surface area contributed by atoms with Crippen molar-refractivity contribution in [3.05, 3.63) is 34.9 Å². The van der Waals surface area contributed by atoms with Crippen LogP contribution in [0.15, 0.2) is 24.3 Å². The van der Waals surface area contributed by atoms with Crippen LogP contribution in [0.2, 0.25) is 5.02 Å². The molecule has 1 rings (SSSR count). The van der Waals surface area contributed by atoms with Crippen LogP contribution < -0.4 is 5.32 Å². The highest BCUT2D eigenvalue weighted by molar-refractivity contribution is 6.30. The van der Waals surface area contributed by atoms with Gasteiger partial charge >= 0.3 is 0 Å². The van der Waals surface area contributed by atoms with Crippen molar-refractivity contribution in [3.63, 3.8) is 0 Å². The zero-order valence-corrected chi connectivity index (χ0v) is 10.9. The normalized spacial score (nSPS) is 13.8. The molecule has 16 heavy (non-hydrogen) atoms. The maximum absolute atomic E-state index is 9.94. The lowest BCUT2D eigenvalue weighted by atomic mass is 10.1. The van der Waals surface area contributed by atoms with Crippen LogP contribution in [-0.4, -0.2) is 17.2 Å². The molecule has 0 aliphatic heterocycles. The number of nitrogens with one attached hydrogen (secondary N) is 1. The standard InChI is InChI=1S/C13H20ClNO/c1-13(2,3)15-8-7-12(16)10-5-4-6-11(14)9-10/h4-6,9,12,15-16H,7-8H2,1-3H3. The summed E-state index contributed by atoms with van der Waals surface area (Å²) >= 11 is 5.87. The molecule has 90 valence electrons. The van der Waals surface area contributed by atoms with Gasteiger partial charge in [-0.2, -0.15) is 0 Å². The van der Waals surface area contributed by atoms with E-state index in [1.165, 1.54) is 0 Å². The molecule has 3 heteroatoms. The summed E-state index contributed by atoms with van der Waals surface area (Å²) < 4.78 is 0. The minimum Gasteiger partial charge on any atom is -0.388 e. The Morgan fingerprint density at radius 3 is 2.62 bits per heavy atom. The second kappa shape index (κ2) is 5.67. The number of hydrogen-bond acceptors (Lipinski definition) is 2. The van der Waals surface area contributed by atoms with E-state index < -0.39 is 6.10 Å². The van der Waals surface area contributed by atoms with E-state index in [1.807, 2.05) is 24.3 Å². The Morgan fingerprint density at radius 2 is 2.06 bits per heavy atom. The highest BCUT2D eigenvalue weighted by Crippen LogP contribution is 2.19. The van der Waals surface area contributed by atoms with Gasteiger partial charge in [0.25, 0.3) is 0 Å². The van der Waals surface area contributed by atoms with Crippen molar-refractivity contribution < 1.29 is 5.11 Å². The molecule has 0 amide bonds. The van der Waals surface area contributed by atoms with Crippen molar-refractivity contribution in [1.29, 1.82) is 0 Å². The molecule has 1 atom stereocenters. The zero-order chi connectivity index (χ0) is 12.2. The van der Waals surface area contributed by atoms with Gasteiger partial charge in [-0.25, -0.2) is 0 Å². The molecular formula is C13H20ClNO. The van der Waals surface area contributed by atoms with Gasteiger partial charge in [0.2, 0.25) is 0 Å². The first kappa shape index (κ1) is 13.5. The van der Waals surface area contributed by atoms with Gasteiger partial charge in [-0.05, 0) is 51.4 Å². The second-order valence-corrected chi connectivity index (χ2v) is 5.47. The summed E-state index contributed by atoms with van der Waals surface area (Å²) in [5, 5.41) is 14.0. The molecule has 0 saturated carbocycles. The van der Waals surface area contributed by atoms with Gasteiger partial charge in [-0.1, -0.05) is 23.7 Å². The molecule has 0 spiro atoms. The van der Waals surface area contributed by atoms with Gasteiger partial charge in [0.05, 0.1) is 6.10 Å². The Balaban J connectivity index is 2.44. The van der Waals surface area contributed by atoms with E-state index >= 15 is 0 Å². The van der Waals surface area contributed by atoms with E-state index in [0.29, 0.717) is 11.4 Å². The fourth-order valence-corrected chi connectivity index (χ4v) is 1.66. The molecule has 0 heterocycles. The number of aliphatic hydroxyl groups is 1. The number of rotatable bonds is 4. The quantitative estimate of drug-likeness (QED) is 0.849. The third-order valence-electron chi connectivity index (χ3n) is 2.31. The van der Waals surface area contributed by atoms with E-state index in [2.05, 4.69) is 26.1 Å². The first-order valence-corrected chi connectivity index (χ1v) is 5.95. The molecule has 1 aromatic rings. The van der Waals surface area contributed by atoms with E-state index in [1.54, 1.807) is 0 Å². The third kappa shape index (κ3) is 4.97. The van der Waals surface area contributed by atoms with Gasteiger partial charge < -0.3 is 10.4 Å². The van der Waals surface area contributed by atoms with E-state index in [0.717, 1.165) is 12.1 Å². The Morgan fingerprint density at radius 1 is 1.38 bits per heavy atom. The molecular weight excluding hydrogens is 222 g/mol. The summed E-state index contributed by atoms with van der Waals surface area (Å²) in [6.45, 7) is 7.12. The van der Waals surface area contributed by atoms with Crippen molar-refractivity contribution in [2.45, 2.75) is 38.8 Å². The summed E-state index contributed by atoms with van der Waals surface area (Å²) in [5.74, 6) is 0. The summed E-state index contributed by atoms with van der Waals surface area (Å²) in [5.41, 5.74) is 0.969. The minimum atomic E-state index is -0.450. The van der Waals surface area contributed by atoms with Crippen LogP contribution in [0.1, 0.15) is 38.9 Å². The van der Waals surface area contributed by atoms with Crippen LogP contribution in [0.4, 0.5) is 0 Å². The van der Waals surface area contributed by atoms with Crippen molar-refractivity contribution >= 4 is 11.6 Å². The van der Waals surface area contributed by atoms with Crippen molar-refractivity contribution in [1.82, 2.24) is 5.32 Å². The fraction of sp³-hybridized carbons (Fsp3) is 0.538. The lowest BCUT2D eigenvalue weighted by molar-refractivity contribution is 0.163. The van der Waals surface area contributed by atoms with Gasteiger partial charge in [-0.3, -0.25) is 0 Å². The van der Waals surface area contributed by atoms with Gasteiger partial charge in [0, 0.05) is 10.6 Å². The molecule has 2 nitrogen and oxygen atoms in total. The van der Waals surface area contributed by atoms with Gasteiger partial charge in [0.1, 0.15) is 0 Å². The molecule has 0 aromatic heterocycles. The summed E-state index contributed by atoms with van der Waals surface area (Å²) in [7, 11) is 0. The second-order valence-electron chi connectivity index (χ2n) is 5.04. The molecule has 0 radical (unpaired) electrons. The maximum Gasteiger partial charge on any atom is 0.0802 e. The lowest BCUT2D eigenvalue weighted by Gasteiger charge is -2.21. The predicted molar refractivity (Wildman–Crippen MR) is 68.8 cm³/mol. The van der Waals surface area contributed by atoms with Crippen molar-refractivity contribution in [2.24, 2.45) is 0 Å². The highest BCUT2D eigenvalue weighted by atomic mass is 35.5. The number of benzene rings is 1. The van der Waals surface area contributed by atoms with Crippen molar-refractivity contribution in [2.75, 3.05) is 6.54 Å². The van der Waals surface area contributed by atoms with Crippen LogP contribution >= 0.6 is 11.6 Å². The number of hydrogen-bond donors (Lipinski definition) is 2.